The summed E-state index contributed by atoms with van der Waals surface area (Å²) in [6.45, 7) is 1.82. The number of carbonyl (C=O) groups is 1. The molecule has 0 amide bonds. The van der Waals surface area contributed by atoms with E-state index in [0.717, 1.165) is 11.1 Å². The van der Waals surface area contributed by atoms with Gasteiger partial charge in [0, 0.05) is 11.1 Å². The predicted octanol–water partition coefficient (Wildman–Crippen LogP) is 4.02. The number of hydrogen-bond acceptors (Lipinski definition) is 6. The summed E-state index contributed by atoms with van der Waals surface area (Å²) in [6, 6.07) is 13.7. The number of benzene rings is 2. The van der Waals surface area contributed by atoms with Crippen LogP contribution in [0.5, 0.6) is 23.0 Å². The Morgan fingerprint density at radius 2 is 1.61 bits per heavy atom. The van der Waals surface area contributed by atoms with Gasteiger partial charge < -0.3 is 19.3 Å². The summed E-state index contributed by atoms with van der Waals surface area (Å²) in [6.07, 6.45) is 0. The Kier molecular flexibility index (Phi) is 5.49. The van der Waals surface area contributed by atoms with Crippen LogP contribution in [0.3, 0.4) is 0 Å². The first-order valence-corrected chi connectivity index (χ1v) is 8.60. The molecular weight excluding hydrogens is 358 g/mol. The minimum Gasteiger partial charge on any atom is -0.508 e. The van der Waals surface area contributed by atoms with E-state index in [9.17, 15) is 9.90 Å². The molecule has 144 valence electrons. The SMILES string of the molecule is COc1cc(C(=O)c2cccc(-c3ccc(C)c(O)c3)n2)cc(OC)c1OC. The average Bonchev–Trinajstić information content (AvgIpc) is 2.74. The fourth-order valence-corrected chi connectivity index (χ4v) is 2.85. The molecule has 2 aromatic carbocycles. The lowest BCUT2D eigenvalue weighted by Gasteiger charge is -2.13. The molecule has 0 spiro atoms. The second-order valence-corrected chi connectivity index (χ2v) is 6.15. The molecule has 1 heterocycles. The number of pyridine rings is 1. The number of aromatic nitrogens is 1. The van der Waals surface area contributed by atoms with Gasteiger partial charge in [0.15, 0.2) is 11.5 Å². The van der Waals surface area contributed by atoms with Crippen LogP contribution >= 0.6 is 0 Å². The molecule has 0 bridgehead atoms. The number of carbonyl (C=O) groups excluding carboxylic acids is 1. The normalized spacial score (nSPS) is 10.4. The quantitative estimate of drug-likeness (QED) is 0.652. The van der Waals surface area contributed by atoms with Gasteiger partial charge in [0.25, 0.3) is 0 Å². The number of ether oxygens (including phenoxy) is 3. The topological polar surface area (TPSA) is 77.9 Å². The van der Waals surface area contributed by atoms with E-state index >= 15 is 0 Å². The molecule has 1 aromatic heterocycles. The molecule has 3 aromatic rings. The van der Waals surface area contributed by atoms with Crippen LogP contribution in [0, 0.1) is 6.92 Å². The highest BCUT2D eigenvalue weighted by Crippen LogP contribution is 2.38. The van der Waals surface area contributed by atoms with E-state index in [4.69, 9.17) is 14.2 Å². The molecule has 6 nitrogen and oxygen atoms in total. The largest absolute Gasteiger partial charge is 0.508 e. The molecule has 0 saturated carbocycles. The van der Waals surface area contributed by atoms with Crippen molar-refractivity contribution in [3.05, 3.63) is 65.4 Å². The molecule has 0 aliphatic carbocycles. The molecule has 0 unspecified atom stereocenters. The monoisotopic (exact) mass is 379 g/mol. The smallest absolute Gasteiger partial charge is 0.211 e. The van der Waals surface area contributed by atoms with E-state index < -0.39 is 0 Å². The van der Waals surface area contributed by atoms with Crippen LogP contribution in [0.1, 0.15) is 21.6 Å². The third-order valence-electron chi connectivity index (χ3n) is 4.41. The van der Waals surface area contributed by atoms with Gasteiger partial charge in [-0.3, -0.25) is 4.79 Å². The van der Waals surface area contributed by atoms with E-state index in [1.165, 1.54) is 21.3 Å². The first-order chi connectivity index (χ1) is 13.5. The highest BCUT2D eigenvalue weighted by atomic mass is 16.5. The summed E-state index contributed by atoms with van der Waals surface area (Å²) in [7, 11) is 4.49. The highest BCUT2D eigenvalue weighted by Gasteiger charge is 2.19. The van der Waals surface area contributed by atoms with Gasteiger partial charge >= 0.3 is 0 Å². The number of rotatable bonds is 6. The van der Waals surface area contributed by atoms with E-state index in [0.29, 0.717) is 28.5 Å². The minimum atomic E-state index is -0.280. The number of aromatic hydroxyl groups is 1. The Balaban J connectivity index is 2.02. The van der Waals surface area contributed by atoms with Crippen molar-refractivity contribution in [2.45, 2.75) is 6.92 Å². The van der Waals surface area contributed by atoms with Crippen LogP contribution in [0.4, 0.5) is 0 Å². The minimum absolute atomic E-state index is 0.181. The van der Waals surface area contributed by atoms with Crippen LogP contribution in [0.25, 0.3) is 11.3 Å². The number of methoxy groups -OCH3 is 3. The summed E-state index contributed by atoms with van der Waals surface area (Å²) in [5.74, 6) is 1.10. The maximum atomic E-state index is 13.0. The van der Waals surface area contributed by atoms with Gasteiger partial charge in [0.2, 0.25) is 11.5 Å². The Hall–Kier alpha value is -3.54. The van der Waals surface area contributed by atoms with Crippen LogP contribution in [0.15, 0.2) is 48.5 Å². The molecule has 0 fully saturated rings. The Labute approximate surface area is 163 Å². The van der Waals surface area contributed by atoms with Crippen molar-refractivity contribution in [1.29, 1.82) is 0 Å². The third-order valence-corrected chi connectivity index (χ3v) is 4.41. The fourth-order valence-electron chi connectivity index (χ4n) is 2.85. The number of phenols is 1. The van der Waals surface area contributed by atoms with Crippen LogP contribution in [0.2, 0.25) is 0 Å². The first kappa shape index (κ1) is 19.2. The zero-order valence-corrected chi connectivity index (χ0v) is 16.1. The maximum Gasteiger partial charge on any atom is 0.211 e. The van der Waals surface area contributed by atoms with Gasteiger partial charge in [-0.25, -0.2) is 4.98 Å². The molecule has 0 atom stereocenters. The van der Waals surface area contributed by atoms with E-state index in [2.05, 4.69) is 4.98 Å². The van der Waals surface area contributed by atoms with Gasteiger partial charge in [0.05, 0.1) is 27.0 Å². The zero-order valence-electron chi connectivity index (χ0n) is 16.1. The lowest BCUT2D eigenvalue weighted by molar-refractivity contribution is 0.103. The van der Waals surface area contributed by atoms with Crippen molar-refractivity contribution in [3.63, 3.8) is 0 Å². The first-order valence-electron chi connectivity index (χ1n) is 8.60. The Bertz CT molecular complexity index is 1000. The molecule has 0 aliphatic rings. The summed E-state index contributed by atoms with van der Waals surface area (Å²) in [5, 5.41) is 9.95. The summed E-state index contributed by atoms with van der Waals surface area (Å²) >= 11 is 0. The number of aryl methyl sites for hydroxylation is 1. The third kappa shape index (κ3) is 3.62. The van der Waals surface area contributed by atoms with Gasteiger partial charge in [-0.2, -0.15) is 0 Å². The lowest BCUT2D eigenvalue weighted by atomic mass is 10.0. The van der Waals surface area contributed by atoms with Gasteiger partial charge in [-0.15, -0.1) is 0 Å². The molecule has 0 saturated heterocycles. The van der Waals surface area contributed by atoms with E-state index in [1.54, 1.807) is 42.5 Å². The fraction of sp³-hybridized carbons (Fsp3) is 0.182. The summed E-state index contributed by atoms with van der Waals surface area (Å²) < 4.78 is 15.9. The van der Waals surface area contributed by atoms with Crippen molar-refractivity contribution in [1.82, 2.24) is 4.98 Å². The van der Waals surface area contributed by atoms with Crippen molar-refractivity contribution in [2.24, 2.45) is 0 Å². The van der Waals surface area contributed by atoms with Crippen molar-refractivity contribution >= 4 is 5.78 Å². The second kappa shape index (κ2) is 8.00. The van der Waals surface area contributed by atoms with Crippen LogP contribution < -0.4 is 14.2 Å². The standard InChI is InChI=1S/C22H21NO5/c1-13-8-9-14(10-18(13)24)16-6-5-7-17(23-16)21(25)15-11-19(26-2)22(28-4)20(12-15)27-3/h5-12,24H,1-4H3. The van der Waals surface area contributed by atoms with Crippen molar-refractivity contribution < 1.29 is 24.1 Å². The molecular formula is C22H21NO5. The average molecular weight is 379 g/mol. The maximum absolute atomic E-state index is 13.0. The molecule has 0 radical (unpaired) electrons. The van der Waals surface area contributed by atoms with Crippen molar-refractivity contribution in [3.8, 4) is 34.3 Å². The number of ketones is 1. The number of nitrogens with zero attached hydrogens (tertiary/aromatic N) is 1. The Morgan fingerprint density at radius 3 is 2.18 bits per heavy atom. The molecule has 6 heteroatoms. The second-order valence-electron chi connectivity index (χ2n) is 6.15. The van der Waals surface area contributed by atoms with E-state index in [-0.39, 0.29) is 17.2 Å². The lowest BCUT2D eigenvalue weighted by Crippen LogP contribution is -2.06. The van der Waals surface area contributed by atoms with Gasteiger partial charge in [-0.05, 0) is 42.8 Å². The number of phenolic OH excluding ortho intramolecular Hbond substituents is 1. The van der Waals surface area contributed by atoms with E-state index in [1.807, 2.05) is 13.0 Å². The summed E-state index contributed by atoms with van der Waals surface area (Å²) in [5.41, 5.74) is 2.72. The molecule has 0 aliphatic heterocycles. The predicted molar refractivity (Wildman–Crippen MR) is 106 cm³/mol. The van der Waals surface area contributed by atoms with Gasteiger partial charge in [-0.1, -0.05) is 18.2 Å². The molecule has 3 rings (SSSR count). The van der Waals surface area contributed by atoms with Crippen LogP contribution in [-0.2, 0) is 0 Å². The van der Waals surface area contributed by atoms with Gasteiger partial charge in [0.1, 0.15) is 11.4 Å². The number of hydrogen-bond donors (Lipinski definition) is 1. The zero-order chi connectivity index (χ0) is 20.3. The molecule has 28 heavy (non-hydrogen) atoms. The van der Waals surface area contributed by atoms with Crippen molar-refractivity contribution in [2.75, 3.05) is 21.3 Å². The summed E-state index contributed by atoms with van der Waals surface area (Å²) in [4.78, 5) is 17.5. The molecule has 1 N–H and O–H groups in total. The highest BCUT2D eigenvalue weighted by molar-refractivity contribution is 6.08. The Morgan fingerprint density at radius 1 is 0.929 bits per heavy atom. The van der Waals surface area contributed by atoms with Crippen LogP contribution in [-0.4, -0.2) is 37.2 Å².